The smallest absolute Gasteiger partial charge is 0.137 e. The first-order chi connectivity index (χ1) is 9.79. The SMILES string of the molecule is C=C(CNC(C)(C)Cc1ccc(SC)c(F)c1)[C@@H](O)CO. The van der Waals surface area contributed by atoms with Crippen LogP contribution >= 0.6 is 11.8 Å². The van der Waals surface area contributed by atoms with E-state index >= 15 is 0 Å². The summed E-state index contributed by atoms with van der Waals surface area (Å²) in [5.41, 5.74) is 1.18. The molecule has 3 N–H and O–H groups in total. The summed E-state index contributed by atoms with van der Waals surface area (Å²) >= 11 is 1.39. The van der Waals surface area contributed by atoms with Crippen LogP contribution in [0.15, 0.2) is 35.2 Å². The molecule has 0 aliphatic carbocycles. The van der Waals surface area contributed by atoms with Crippen molar-refractivity contribution in [3.8, 4) is 0 Å². The van der Waals surface area contributed by atoms with Crippen LogP contribution in [0, 0.1) is 5.82 Å². The largest absolute Gasteiger partial charge is 0.393 e. The lowest BCUT2D eigenvalue weighted by Gasteiger charge is -2.28. The zero-order valence-corrected chi connectivity index (χ0v) is 13.6. The number of hydrogen-bond acceptors (Lipinski definition) is 4. The standard InChI is InChI=1S/C16H24FNO2S/c1-11(14(20)10-19)9-18-16(2,3)8-12-5-6-15(21-4)13(17)7-12/h5-7,14,18-20H,1,8-10H2,2-4H3/t14-/m0/s1. The zero-order chi connectivity index (χ0) is 16.0. The van der Waals surface area contributed by atoms with Crippen molar-refractivity contribution in [2.75, 3.05) is 19.4 Å². The molecule has 5 heteroatoms. The monoisotopic (exact) mass is 313 g/mol. The van der Waals surface area contributed by atoms with Gasteiger partial charge >= 0.3 is 0 Å². The Labute approximate surface area is 130 Å². The Morgan fingerprint density at radius 3 is 2.67 bits per heavy atom. The third-order valence-electron chi connectivity index (χ3n) is 3.30. The van der Waals surface area contributed by atoms with Crippen LogP contribution < -0.4 is 5.32 Å². The molecule has 3 nitrogen and oxygen atoms in total. The lowest BCUT2D eigenvalue weighted by atomic mass is 9.94. The van der Waals surface area contributed by atoms with Gasteiger partial charge in [-0.05, 0) is 49.8 Å². The minimum atomic E-state index is -0.911. The fraction of sp³-hybridized carbons (Fsp3) is 0.500. The molecule has 1 atom stereocenters. The van der Waals surface area contributed by atoms with E-state index in [1.807, 2.05) is 26.2 Å². The minimum Gasteiger partial charge on any atom is -0.393 e. The molecule has 0 saturated heterocycles. The van der Waals surface area contributed by atoms with Gasteiger partial charge in [-0.1, -0.05) is 12.6 Å². The maximum absolute atomic E-state index is 13.8. The van der Waals surface area contributed by atoms with Crippen LogP contribution in [0.1, 0.15) is 19.4 Å². The van der Waals surface area contributed by atoms with E-state index in [2.05, 4.69) is 11.9 Å². The van der Waals surface area contributed by atoms with Crippen molar-refractivity contribution in [3.63, 3.8) is 0 Å². The third-order valence-corrected chi connectivity index (χ3v) is 4.07. The highest BCUT2D eigenvalue weighted by Crippen LogP contribution is 2.22. The summed E-state index contributed by atoms with van der Waals surface area (Å²) in [7, 11) is 0. The highest BCUT2D eigenvalue weighted by Gasteiger charge is 2.19. The maximum atomic E-state index is 13.8. The van der Waals surface area contributed by atoms with E-state index in [-0.39, 0.29) is 18.0 Å². The number of hydrogen-bond donors (Lipinski definition) is 3. The molecule has 1 aromatic rings. The Morgan fingerprint density at radius 2 is 2.14 bits per heavy atom. The molecule has 118 valence electrons. The van der Waals surface area contributed by atoms with Gasteiger partial charge in [0.15, 0.2) is 0 Å². The molecule has 1 aromatic carbocycles. The minimum absolute atomic E-state index is 0.198. The fourth-order valence-corrected chi connectivity index (χ4v) is 2.45. The molecule has 0 aliphatic rings. The van der Waals surface area contributed by atoms with Gasteiger partial charge in [0.05, 0.1) is 12.7 Å². The Bertz CT molecular complexity index is 491. The lowest BCUT2D eigenvalue weighted by Crippen LogP contribution is -2.43. The van der Waals surface area contributed by atoms with E-state index in [9.17, 15) is 9.50 Å². The average Bonchev–Trinajstić information content (AvgIpc) is 2.43. The van der Waals surface area contributed by atoms with E-state index in [0.717, 1.165) is 5.56 Å². The topological polar surface area (TPSA) is 52.5 Å². The van der Waals surface area contributed by atoms with Gasteiger partial charge in [-0.25, -0.2) is 4.39 Å². The highest BCUT2D eigenvalue weighted by molar-refractivity contribution is 7.98. The molecule has 0 radical (unpaired) electrons. The van der Waals surface area contributed by atoms with Gasteiger partial charge in [0, 0.05) is 17.0 Å². The van der Waals surface area contributed by atoms with Gasteiger partial charge in [-0.2, -0.15) is 0 Å². The van der Waals surface area contributed by atoms with Crippen LogP contribution in [0.2, 0.25) is 0 Å². The van der Waals surface area contributed by atoms with Crippen molar-refractivity contribution in [2.45, 2.75) is 36.8 Å². The molecular formula is C16H24FNO2S. The third kappa shape index (κ3) is 5.79. The van der Waals surface area contributed by atoms with E-state index in [1.165, 1.54) is 11.8 Å². The summed E-state index contributed by atoms with van der Waals surface area (Å²) in [6, 6.07) is 5.28. The molecule has 21 heavy (non-hydrogen) atoms. The molecule has 1 rings (SSSR count). The van der Waals surface area contributed by atoms with Gasteiger partial charge in [-0.15, -0.1) is 11.8 Å². The van der Waals surface area contributed by atoms with Crippen LogP contribution in [0.25, 0.3) is 0 Å². The van der Waals surface area contributed by atoms with E-state index in [0.29, 0.717) is 23.4 Å². The zero-order valence-electron chi connectivity index (χ0n) is 12.8. The van der Waals surface area contributed by atoms with Crippen molar-refractivity contribution in [1.29, 1.82) is 0 Å². The van der Waals surface area contributed by atoms with Gasteiger partial charge in [-0.3, -0.25) is 0 Å². The van der Waals surface area contributed by atoms with Gasteiger partial charge in [0.1, 0.15) is 5.82 Å². The first kappa shape index (κ1) is 18.2. The number of rotatable bonds is 8. The van der Waals surface area contributed by atoms with E-state index in [4.69, 9.17) is 5.11 Å². The molecular weight excluding hydrogens is 289 g/mol. The lowest BCUT2D eigenvalue weighted by molar-refractivity contribution is 0.120. The average molecular weight is 313 g/mol. The Kier molecular flexibility index (Phi) is 6.87. The Balaban J connectivity index is 2.63. The molecule has 0 aromatic heterocycles. The van der Waals surface area contributed by atoms with Gasteiger partial charge in [0.25, 0.3) is 0 Å². The summed E-state index contributed by atoms with van der Waals surface area (Å²) in [5.74, 6) is -0.198. The van der Waals surface area contributed by atoms with Crippen LogP contribution in [0.5, 0.6) is 0 Å². The van der Waals surface area contributed by atoms with Crippen molar-refractivity contribution >= 4 is 11.8 Å². The van der Waals surface area contributed by atoms with Crippen LogP contribution in [0.4, 0.5) is 4.39 Å². The van der Waals surface area contributed by atoms with Crippen molar-refractivity contribution < 1.29 is 14.6 Å². The van der Waals surface area contributed by atoms with Crippen molar-refractivity contribution in [1.82, 2.24) is 5.32 Å². The summed E-state index contributed by atoms with van der Waals surface area (Å²) in [6.07, 6.45) is 1.59. The second-order valence-electron chi connectivity index (χ2n) is 5.74. The van der Waals surface area contributed by atoms with Crippen LogP contribution in [-0.4, -0.2) is 41.3 Å². The van der Waals surface area contributed by atoms with Crippen molar-refractivity contribution in [2.24, 2.45) is 0 Å². The van der Waals surface area contributed by atoms with Gasteiger partial charge in [0.2, 0.25) is 0 Å². The predicted octanol–water partition coefficient (Wildman–Crippen LogP) is 2.37. The van der Waals surface area contributed by atoms with Crippen molar-refractivity contribution in [3.05, 3.63) is 41.7 Å². The highest BCUT2D eigenvalue weighted by atomic mass is 32.2. The van der Waals surface area contributed by atoms with Crippen LogP contribution in [-0.2, 0) is 6.42 Å². The quantitative estimate of drug-likeness (QED) is 0.509. The first-order valence-corrected chi connectivity index (χ1v) is 8.05. The summed E-state index contributed by atoms with van der Waals surface area (Å²) < 4.78 is 13.8. The van der Waals surface area contributed by atoms with E-state index < -0.39 is 6.10 Å². The predicted molar refractivity (Wildman–Crippen MR) is 86.2 cm³/mol. The second-order valence-corrected chi connectivity index (χ2v) is 6.59. The summed E-state index contributed by atoms with van der Waals surface area (Å²) in [4.78, 5) is 0.643. The number of nitrogens with one attached hydrogen (secondary N) is 1. The molecule has 0 unspecified atom stereocenters. The Hall–Kier alpha value is -0.880. The number of thioether (sulfide) groups is 1. The molecule has 0 heterocycles. The Morgan fingerprint density at radius 1 is 1.48 bits per heavy atom. The molecule has 0 bridgehead atoms. The van der Waals surface area contributed by atoms with E-state index in [1.54, 1.807) is 12.1 Å². The number of aliphatic hydroxyl groups excluding tert-OH is 2. The number of aliphatic hydroxyl groups is 2. The second kappa shape index (κ2) is 7.94. The molecule has 0 saturated carbocycles. The molecule has 0 spiro atoms. The summed E-state index contributed by atoms with van der Waals surface area (Å²) in [5, 5.41) is 21.6. The maximum Gasteiger partial charge on any atom is 0.137 e. The fourth-order valence-electron chi connectivity index (χ4n) is 1.99. The number of benzene rings is 1. The molecule has 0 aliphatic heterocycles. The normalized spacial score (nSPS) is 13.2. The van der Waals surface area contributed by atoms with Crippen LogP contribution in [0.3, 0.4) is 0 Å². The number of halogens is 1. The molecule has 0 fully saturated rings. The van der Waals surface area contributed by atoms with Gasteiger partial charge < -0.3 is 15.5 Å². The summed E-state index contributed by atoms with van der Waals surface area (Å²) in [6.45, 7) is 7.82. The first-order valence-electron chi connectivity index (χ1n) is 6.83. The molecule has 0 amide bonds.